The van der Waals surface area contributed by atoms with E-state index in [1.54, 1.807) is 0 Å². The van der Waals surface area contributed by atoms with E-state index in [-0.39, 0.29) is 18.7 Å². The van der Waals surface area contributed by atoms with Gasteiger partial charge >= 0.3 is 6.03 Å². The van der Waals surface area contributed by atoms with E-state index in [4.69, 9.17) is 0 Å². The normalized spacial score (nSPS) is 41.1. The Labute approximate surface area is 95.8 Å². The summed E-state index contributed by atoms with van der Waals surface area (Å²) in [7, 11) is 0. The van der Waals surface area contributed by atoms with Gasteiger partial charge in [0.2, 0.25) is 0 Å². The van der Waals surface area contributed by atoms with Crippen LogP contribution in [0.25, 0.3) is 0 Å². The summed E-state index contributed by atoms with van der Waals surface area (Å²) in [6.07, 6.45) is 5.88. The quantitative estimate of drug-likeness (QED) is 0.665. The number of hydrogen-bond acceptors (Lipinski definition) is 2. The van der Waals surface area contributed by atoms with E-state index in [1.807, 2.05) is 0 Å². The van der Waals surface area contributed by atoms with E-state index in [1.165, 1.54) is 19.3 Å². The lowest BCUT2D eigenvalue weighted by Gasteiger charge is -2.30. The Balaban J connectivity index is 1.58. The van der Waals surface area contributed by atoms with Gasteiger partial charge in [0.25, 0.3) is 0 Å². The van der Waals surface area contributed by atoms with Gasteiger partial charge in [0.15, 0.2) is 0 Å². The Kier molecular flexibility index (Phi) is 2.54. The number of urea groups is 1. The number of rotatable bonds is 3. The zero-order valence-electron chi connectivity index (χ0n) is 9.48. The highest BCUT2D eigenvalue weighted by atomic mass is 16.3. The third-order valence-corrected chi connectivity index (χ3v) is 4.51. The number of aliphatic hydroxyl groups is 1. The zero-order valence-corrected chi connectivity index (χ0v) is 9.48. The lowest BCUT2D eigenvalue weighted by molar-refractivity contribution is 0.144. The number of nitrogens with one attached hydrogen (secondary N) is 2. The van der Waals surface area contributed by atoms with E-state index in [0.717, 1.165) is 12.8 Å². The van der Waals surface area contributed by atoms with Crippen LogP contribution in [0.2, 0.25) is 0 Å². The molecule has 3 aliphatic rings. The van der Waals surface area contributed by atoms with Crippen LogP contribution >= 0.6 is 0 Å². The molecule has 4 nitrogen and oxygen atoms in total. The van der Waals surface area contributed by atoms with Gasteiger partial charge in [0, 0.05) is 24.6 Å². The summed E-state index contributed by atoms with van der Waals surface area (Å²) in [5.74, 6) is 1.54. The molecule has 0 aliphatic heterocycles. The van der Waals surface area contributed by atoms with Crippen LogP contribution in [0.5, 0.6) is 0 Å². The molecule has 3 rings (SSSR count). The van der Waals surface area contributed by atoms with Crippen molar-refractivity contribution in [3.63, 3.8) is 0 Å². The molecule has 3 fully saturated rings. The van der Waals surface area contributed by atoms with Crippen molar-refractivity contribution in [3.8, 4) is 0 Å². The van der Waals surface area contributed by atoms with Crippen LogP contribution in [-0.2, 0) is 0 Å². The zero-order chi connectivity index (χ0) is 11.1. The fourth-order valence-corrected chi connectivity index (χ4v) is 3.50. The molecule has 16 heavy (non-hydrogen) atoms. The number of amides is 2. The Morgan fingerprint density at radius 2 is 1.88 bits per heavy atom. The van der Waals surface area contributed by atoms with Gasteiger partial charge in [-0.25, -0.2) is 4.79 Å². The summed E-state index contributed by atoms with van der Waals surface area (Å²) < 4.78 is 0. The first-order chi connectivity index (χ1) is 7.78. The Hall–Kier alpha value is -0.770. The molecule has 0 unspecified atom stereocenters. The SMILES string of the molecule is O=C(NC1CC1)N[C@H]1[C@H]2CC[C@@H](C2)[C@@H]1CO. The van der Waals surface area contributed by atoms with Crippen molar-refractivity contribution in [2.45, 2.75) is 44.2 Å². The maximum absolute atomic E-state index is 11.7. The van der Waals surface area contributed by atoms with E-state index < -0.39 is 0 Å². The molecule has 90 valence electrons. The average Bonchev–Trinajstić information content (AvgIpc) is 2.86. The predicted octanol–water partition coefficient (Wildman–Crippen LogP) is 0.855. The molecule has 4 atom stereocenters. The van der Waals surface area contributed by atoms with E-state index in [2.05, 4.69) is 10.6 Å². The lowest BCUT2D eigenvalue weighted by atomic mass is 9.85. The molecule has 0 spiro atoms. The lowest BCUT2D eigenvalue weighted by Crippen LogP contribution is -2.49. The van der Waals surface area contributed by atoms with Crippen molar-refractivity contribution >= 4 is 6.03 Å². The highest BCUT2D eigenvalue weighted by Gasteiger charge is 2.47. The summed E-state index contributed by atoms with van der Waals surface area (Å²) in [5, 5.41) is 15.4. The van der Waals surface area contributed by atoms with Crippen molar-refractivity contribution in [3.05, 3.63) is 0 Å². The van der Waals surface area contributed by atoms with Crippen LogP contribution in [0, 0.1) is 17.8 Å². The highest BCUT2D eigenvalue weighted by Crippen LogP contribution is 2.48. The molecule has 2 amide bonds. The fraction of sp³-hybridized carbons (Fsp3) is 0.917. The van der Waals surface area contributed by atoms with Gasteiger partial charge in [-0.15, -0.1) is 0 Å². The molecule has 2 bridgehead atoms. The number of aliphatic hydroxyl groups excluding tert-OH is 1. The second kappa shape index (κ2) is 3.91. The number of carbonyl (C=O) groups is 1. The molecule has 0 aromatic carbocycles. The van der Waals surface area contributed by atoms with Gasteiger partial charge < -0.3 is 15.7 Å². The molecule has 0 aromatic heterocycles. The minimum atomic E-state index is -0.0292. The smallest absolute Gasteiger partial charge is 0.315 e. The van der Waals surface area contributed by atoms with Crippen molar-refractivity contribution in [1.82, 2.24) is 10.6 Å². The maximum atomic E-state index is 11.7. The van der Waals surface area contributed by atoms with E-state index in [9.17, 15) is 9.90 Å². The molecular weight excluding hydrogens is 204 g/mol. The van der Waals surface area contributed by atoms with Crippen molar-refractivity contribution in [2.24, 2.45) is 17.8 Å². The topological polar surface area (TPSA) is 61.4 Å². The highest BCUT2D eigenvalue weighted by molar-refractivity contribution is 5.75. The third-order valence-electron chi connectivity index (χ3n) is 4.51. The Morgan fingerprint density at radius 1 is 1.12 bits per heavy atom. The van der Waals surface area contributed by atoms with Crippen LogP contribution in [0.15, 0.2) is 0 Å². The van der Waals surface area contributed by atoms with Crippen molar-refractivity contribution < 1.29 is 9.90 Å². The molecule has 3 aliphatic carbocycles. The summed E-state index contributed by atoms with van der Waals surface area (Å²) in [6.45, 7) is 0.218. The molecule has 4 heteroatoms. The van der Waals surface area contributed by atoms with Crippen LogP contribution < -0.4 is 10.6 Å². The average molecular weight is 224 g/mol. The fourth-order valence-electron chi connectivity index (χ4n) is 3.50. The predicted molar refractivity (Wildman–Crippen MR) is 59.9 cm³/mol. The molecule has 3 N–H and O–H groups in total. The van der Waals surface area contributed by atoms with E-state index >= 15 is 0 Å². The van der Waals surface area contributed by atoms with Gasteiger partial charge in [-0.3, -0.25) is 0 Å². The minimum absolute atomic E-state index is 0.0292. The van der Waals surface area contributed by atoms with Crippen molar-refractivity contribution in [1.29, 1.82) is 0 Å². The standard InChI is InChI=1S/C12H20N2O2/c15-6-10-7-1-2-8(5-7)11(10)14-12(16)13-9-3-4-9/h7-11,15H,1-6H2,(H2,13,14,16)/t7-,8-,10-,11-/m0/s1. The second-order valence-electron chi connectivity index (χ2n) is 5.60. The van der Waals surface area contributed by atoms with Gasteiger partial charge in [-0.1, -0.05) is 0 Å². The largest absolute Gasteiger partial charge is 0.396 e. The van der Waals surface area contributed by atoms with Gasteiger partial charge in [0.1, 0.15) is 0 Å². The van der Waals surface area contributed by atoms with Crippen molar-refractivity contribution in [2.75, 3.05) is 6.61 Å². The molecule has 0 aromatic rings. The third kappa shape index (κ3) is 1.79. The van der Waals surface area contributed by atoms with Crippen LogP contribution in [0.1, 0.15) is 32.1 Å². The molecule has 0 heterocycles. The molecule has 0 saturated heterocycles. The minimum Gasteiger partial charge on any atom is -0.396 e. The monoisotopic (exact) mass is 224 g/mol. The number of fused-ring (bicyclic) bond motifs is 2. The van der Waals surface area contributed by atoms with Gasteiger partial charge in [-0.05, 0) is 43.9 Å². The first-order valence-electron chi connectivity index (χ1n) is 6.46. The Morgan fingerprint density at radius 3 is 2.56 bits per heavy atom. The molecular formula is C12H20N2O2. The molecule has 0 radical (unpaired) electrons. The van der Waals surface area contributed by atoms with Crippen LogP contribution in [0.4, 0.5) is 4.79 Å². The molecule has 3 saturated carbocycles. The van der Waals surface area contributed by atoms with Crippen LogP contribution in [-0.4, -0.2) is 29.8 Å². The Bertz CT molecular complexity index is 291. The van der Waals surface area contributed by atoms with Crippen LogP contribution in [0.3, 0.4) is 0 Å². The second-order valence-corrected chi connectivity index (χ2v) is 5.60. The summed E-state index contributed by atoms with van der Waals surface area (Å²) in [5.41, 5.74) is 0. The van der Waals surface area contributed by atoms with Gasteiger partial charge in [-0.2, -0.15) is 0 Å². The summed E-state index contributed by atoms with van der Waals surface area (Å²) in [6, 6.07) is 0.590. The number of carbonyl (C=O) groups excluding carboxylic acids is 1. The maximum Gasteiger partial charge on any atom is 0.315 e. The first-order valence-corrected chi connectivity index (χ1v) is 6.46. The summed E-state index contributed by atoms with van der Waals surface area (Å²) >= 11 is 0. The first kappa shape index (κ1) is 10.4. The summed E-state index contributed by atoms with van der Waals surface area (Å²) in [4.78, 5) is 11.7. The van der Waals surface area contributed by atoms with E-state index in [0.29, 0.717) is 23.8 Å². The van der Waals surface area contributed by atoms with Gasteiger partial charge in [0.05, 0.1) is 0 Å². The number of hydrogen-bond donors (Lipinski definition) is 3.